The van der Waals surface area contributed by atoms with Crippen LogP contribution in [-0.2, 0) is 9.53 Å². The molecule has 4 heteroatoms. The van der Waals surface area contributed by atoms with Crippen molar-refractivity contribution in [3.8, 4) is 0 Å². The third-order valence-corrected chi connectivity index (χ3v) is 4.15. The van der Waals surface area contributed by atoms with E-state index in [0.717, 1.165) is 39.1 Å². The van der Waals surface area contributed by atoms with Crippen LogP contribution in [0.2, 0.25) is 0 Å². The molecule has 0 aliphatic carbocycles. The Kier molecular flexibility index (Phi) is 9.67. The van der Waals surface area contributed by atoms with Gasteiger partial charge in [-0.05, 0) is 51.7 Å². The van der Waals surface area contributed by atoms with Crippen LogP contribution in [0.5, 0.6) is 0 Å². The maximum absolute atomic E-state index is 11.1. The molecule has 0 bridgehead atoms. The van der Waals surface area contributed by atoms with Crippen molar-refractivity contribution in [1.29, 1.82) is 0 Å². The summed E-state index contributed by atoms with van der Waals surface area (Å²) in [5, 5.41) is 0. The number of piperidine rings is 1. The number of carbonyl (C=O) groups excluding carboxylic acids is 1. The lowest BCUT2D eigenvalue weighted by Crippen LogP contribution is -2.38. The van der Waals surface area contributed by atoms with E-state index < -0.39 is 0 Å². The number of likely N-dealkylation sites (tertiary alicyclic amines) is 1. The first kappa shape index (κ1) is 17.4. The fourth-order valence-corrected chi connectivity index (χ4v) is 2.68. The third-order valence-electron chi connectivity index (χ3n) is 4.15. The first-order chi connectivity index (χ1) is 9.74. The highest BCUT2D eigenvalue weighted by Crippen LogP contribution is 2.17. The van der Waals surface area contributed by atoms with E-state index in [9.17, 15) is 4.79 Å². The molecule has 118 valence electrons. The maximum Gasteiger partial charge on any atom is 0.220 e. The van der Waals surface area contributed by atoms with Crippen molar-refractivity contribution in [1.82, 2.24) is 4.90 Å². The molecule has 0 aromatic heterocycles. The van der Waals surface area contributed by atoms with Crippen molar-refractivity contribution in [2.45, 2.75) is 58.3 Å². The zero-order chi connectivity index (χ0) is 14.6. The average Bonchev–Trinajstić information content (AvgIpc) is 2.46. The minimum absolute atomic E-state index is 0.117. The molecule has 1 heterocycles. The van der Waals surface area contributed by atoms with Crippen LogP contribution in [0.1, 0.15) is 58.3 Å². The Morgan fingerprint density at radius 2 is 1.75 bits per heavy atom. The molecule has 2 N–H and O–H groups in total. The van der Waals surface area contributed by atoms with Gasteiger partial charge in [-0.25, -0.2) is 0 Å². The number of unbranched alkanes of at least 4 members (excludes halogenated alkanes) is 4. The normalized spacial score (nSPS) is 17.4. The topological polar surface area (TPSA) is 55.6 Å². The number of carbonyl (C=O) groups is 1. The predicted octanol–water partition coefficient (Wildman–Crippen LogP) is 2.56. The Hall–Kier alpha value is -0.610. The molecule has 0 radical (unpaired) electrons. The van der Waals surface area contributed by atoms with Gasteiger partial charge in [-0.15, -0.1) is 0 Å². The van der Waals surface area contributed by atoms with Gasteiger partial charge >= 0.3 is 0 Å². The van der Waals surface area contributed by atoms with Crippen molar-refractivity contribution in [3.63, 3.8) is 0 Å². The second kappa shape index (κ2) is 11.1. The van der Waals surface area contributed by atoms with E-state index in [0.29, 0.717) is 0 Å². The first-order valence-electron chi connectivity index (χ1n) is 8.33. The molecule has 1 aliphatic rings. The van der Waals surface area contributed by atoms with Crippen molar-refractivity contribution in [3.05, 3.63) is 0 Å². The van der Waals surface area contributed by atoms with Gasteiger partial charge in [0.15, 0.2) is 0 Å². The largest absolute Gasteiger partial charge is 0.381 e. The van der Waals surface area contributed by atoms with E-state index in [1.165, 1.54) is 45.1 Å². The van der Waals surface area contributed by atoms with Gasteiger partial charge in [0.1, 0.15) is 0 Å². The van der Waals surface area contributed by atoms with Crippen LogP contribution in [0.4, 0.5) is 0 Å². The molecule has 1 saturated heterocycles. The average molecular weight is 284 g/mol. The molecule has 0 unspecified atom stereocenters. The van der Waals surface area contributed by atoms with Gasteiger partial charge in [-0.2, -0.15) is 0 Å². The van der Waals surface area contributed by atoms with Gasteiger partial charge in [0.05, 0.1) is 0 Å². The summed E-state index contributed by atoms with van der Waals surface area (Å²) in [4.78, 5) is 13.5. The lowest BCUT2D eigenvalue weighted by Gasteiger charge is -2.30. The van der Waals surface area contributed by atoms with E-state index in [2.05, 4.69) is 11.8 Å². The monoisotopic (exact) mass is 284 g/mol. The Morgan fingerprint density at radius 3 is 2.40 bits per heavy atom. The van der Waals surface area contributed by atoms with Crippen LogP contribution in [0, 0.1) is 5.92 Å². The summed E-state index contributed by atoms with van der Waals surface area (Å²) >= 11 is 0. The number of hydrogen-bond donors (Lipinski definition) is 1. The fourth-order valence-electron chi connectivity index (χ4n) is 2.68. The SMILES string of the molecule is CCCCOCCCCCCN1CCC(C(N)=O)CC1. The Bertz CT molecular complexity index is 251. The molecular weight excluding hydrogens is 252 g/mol. The number of hydrogen-bond acceptors (Lipinski definition) is 3. The number of rotatable bonds is 11. The van der Waals surface area contributed by atoms with Crippen LogP contribution in [0.15, 0.2) is 0 Å². The summed E-state index contributed by atoms with van der Waals surface area (Å²) in [5.74, 6) is -0.000701. The van der Waals surface area contributed by atoms with Crippen LogP contribution in [0.3, 0.4) is 0 Å². The highest BCUT2D eigenvalue weighted by atomic mass is 16.5. The summed E-state index contributed by atoms with van der Waals surface area (Å²) in [6.45, 7) is 7.27. The second-order valence-corrected chi connectivity index (χ2v) is 5.90. The Labute approximate surface area is 124 Å². The number of ether oxygens (including phenoxy) is 1. The molecular formula is C16H32N2O2. The molecule has 0 aromatic rings. The smallest absolute Gasteiger partial charge is 0.220 e. The highest BCUT2D eigenvalue weighted by Gasteiger charge is 2.22. The van der Waals surface area contributed by atoms with Crippen molar-refractivity contribution in [2.75, 3.05) is 32.8 Å². The van der Waals surface area contributed by atoms with Gasteiger partial charge in [0, 0.05) is 19.1 Å². The zero-order valence-electron chi connectivity index (χ0n) is 13.1. The lowest BCUT2D eigenvalue weighted by atomic mass is 9.96. The minimum Gasteiger partial charge on any atom is -0.381 e. The number of primary amides is 1. The standard InChI is InChI=1S/C16H32N2O2/c1-2-3-13-20-14-7-5-4-6-10-18-11-8-15(9-12-18)16(17)19/h15H,2-14H2,1H3,(H2,17,19). The Balaban J connectivity index is 1.86. The van der Waals surface area contributed by atoms with Crippen molar-refractivity contribution >= 4 is 5.91 Å². The molecule has 1 amide bonds. The van der Waals surface area contributed by atoms with Crippen LogP contribution in [0.25, 0.3) is 0 Å². The van der Waals surface area contributed by atoms with Crippen molar-refractivity contribution in [2.24, 2.45) is 11.7 Å². The van der Waals surface area contributed by atoms with Gasteiger partial charge in [-0.3, -0.25) is 4.79 Å². The summed E-state index contributed by atoms with van der Waals surface area (Å²) in [7, 11) is 0. The molecule has 1 rings (SSSR count). The zero-order valence-corrected chi connectivity index (χ0v) is 13.1. The van der Waals surface area contributed by atoms with E-state index in [4.69, 9.17) is 10.5 Å². The minimum atomic E-state index is -0.118. The number of nitrogens with two attached hydrogens (primary N) is 1. The van der Waals surface area contributed by atoms with E-state index in [1.807, 2.05) is 0 Å². The summed E-state index contributed by atoms with van der Waals surface area (Å²) < 4.78 is 5.55. The first-order valence-corrected chi connectivity index (χ1v) is 8.33. The molecule has 1 fully saturated rings. The summed E-state index contributed by atoms with van der Waals surface area (Å²) in [6, 6.07) is 0. The number of amides is 1. The lowest BCUT2D eigenvalue weighted by molar-refractivity contribution is -0.123. The van der Waals surface area contributed by atoms with Gasteiger partial charge in [-0.1, -0.05) is 26.2 Å². The van der Waals surface area contributed by atoms with Gasteiger partial charge < -0.3 is 15.4 Å². The molecule has 0 spiro atoms. The molecule has 4 nitrogen and oxygen atoms in total. The predicted molar refractivity (Wildman–Crippen MR) is 82.6 cm³/mol. The second-order valence-electron chi connectivity index (χ2n) is 5.90. The highest BCUT2D eigenvalue weighted by molar-refractivity contribution is 5.76. The molecule has 0 aromatic carbocycles. The van der Waals surface area contributed by atoms with Crippen LogP contribution in [-0.4, -0.2) is 43.7 Å². The van der Waals surface area contributed by atoms with E-state index in [1.54, 1.807) is 0 Å². The fraction of sp³-hybridized carbons (Fsp3) is 0.938. The summed E-state index contributed by atoms with van der Waals surface area (Å²) in [6.07, 6.45) is 9.29. The molecule has 0 saturated carbocycles. The van der Waals surface area contributed by atoms with Gasteiger partial charge in [0.2, 0.25) is 5.91 Å². The molecule has 20 heavy (non-hydrogen) atoms. The summed E-state index contributed by atoms with van der Waals surface area (Å²) in [5.41, 5.74) is 5.34. The molecule has 1 aliphatic heterocycles. The quantitative estimate of drug-likeness (QED) is 0.593. The third kappa shape index (κ3) is 7.85. The Morgan fingerprint density at radius 1 is 1.10 bits per heavy atom. The van der Waals surface area contributed by atoms with Gasteiger partial charge in [0.25, 0.3) is 0 Å². The van der Waals surface area contributed by atoms with Crippen LogP contribution >= 0.6 is 0 Å². The van der Waals surface area contributed by atoms with Crippen molar-refractivity contribution < 1.29 is 9.53 Å². The van der Waals surface area contributed by atoms with Crippen LogP contribution < -0.4 is 5.73 Å². The number of nitrogens with zero attached hydrogens (tertiary/aromatic N) is 1. The maximum atomic E-state index is 11.1. The van der Waals surface area contributed by atoms with E-state index >= 15 is 0 Å². The van der Waals surface area contributed by atoms with E-state index in [-0.39, 0.29) is 11.8 Å². The molecule has 0 atom stereocenters.